The highest BCUT2D eigenvalue weighted by atomic mass is 16.5. The molecule has 0 atom stereocenters. The zero-order chi connectivity index (χ0) is 24.5. The molecule has 0 radical (unpaired) electrons. The molecule has 176 valence electrons. The lowest BCUT2D eigenvalue weighted by Crippen LogP contribution is -2.41. The summed E-state index contributed by atoms with van der Waals surface area (Å²) >= 11 is 0. The van der Waals surface area contributed by atoms with E-state index >= 15 is 0 Å². The molecule has 0 aliphatic carbocycles. The van der Waals surface area contributed by atoms with Crippen molar-refractivity contribution in [3.63, 3.8) is 0 Å². The van der Waals surface area contributed by atoms with E-state index in [2.05, 4.69) is 10.6 Å². The van der Waals surface area contributed by atoms with Crippen molar-refractivity contribution in [3.05, 3.63) is 131 Å². The molecular formula is C29H26N2O4. The quantitative estimate of drug-likeness (QED) is 0.335. The Bertz CT molecular complexity index is 1210. The highest BCUT2D eigenvalue weighted by Crippen LogP contribution is 2.31. The third kappa shape index (κ3) is 6.26. The van der Waals surface area contributed by atoms with Crippen LogP contribution in [0.5, 0.6) is 11.5 Å². The smallest absolute Gasteiger partial charge is 0.253 e. The van der Waals surface area contributed by atoms with Gasteiger partial charge in [-0.05, 0) is 47.5 Å². The predicted molar refractivity (Wildman–Crippen MR) is 134 cm³/mol. The number of hydrogen-bond acceptors (Lipinski definition) is 4. The minimum atomic E-state index is -0.805. The van der Waals surface area contributed by atoms with Crippen molar-refractivity contribution in [2.75, 3.05) is 7.11 Å². The minimum absolute atomic E-state index is 0.313. The number of amides is 2. The van der Waals surface area contributed by atoms with Gasteiger partial charge in [-0.15, -0.1) is 0 Å². The fraction of sp³-hybridized carbons (Fsp3) is 0.103. The van der Waals surface area contributed by atoms with Crippen molar-refractivity contribution in [1.82, 2.24) is 10.6 Å². The van der Waals surface area contributed by atoms with E-state index in [4.69, 9.17) is 9.47 Å². The second-order valence-electron chi connectivity index (χ2n) is 7.80. The molecule has 6 heteroatoms. The van der Waals surface area contributed by atoms with Gasteiger partial charge in [0.2, 0.25) is 0 Å². The van der Waals surface area contributed by atoms with Crippen molar-refractivity contribution in [3.8, 4) is 11.5 Å². The van der Waals surface area contributed by atoms with Crippen molar-refractivity contribution < 1.29 is 19.1 Å². The van der Waals surface area contributed by atoms with Crippen LogP contribution in [-0.2, 0) is 6.61 Å². The number of benzene rings is 4. The van der Waals surface area contributed by atoms with Gasteiger partial charge in [0.1, 0.15) is 12.8 Å². The molecule has 2 amide bonds. The molecule has 4 aromatic carbocycles. The number of nitrogens with one attached hydrogen (secondary N) is 2. The van der Waals surface area contributed by atoms with Crippen LogP contribution >= 0.6 is 0 Å². The average molecular weight is 467 g/mol. The first kappa shape index (κ1) is 23.6. The molecular weight excluding hydrogens is 440 g/mol. The first-order chi connectivity index (χ1) is 17.1. The molecule has 0 saturated carbocycles. The average Bonchev–Trinajstić information content (AvgIpc) is 2.92. The van der Waals surface area contributed by atoms with Gasteiger partial charge in [-0.1, -0.05) is 72.8 Å². The Kier molecular flexibility index (Phi) is 7.76. The third-order valence-electron chi connectivity index (χ3n) is 5.38. The van der Waals surface area contributed by atoms with E-state index in [0.29, 0.717) is 34.8 Å². The molecule has 0 aliphatic rings. The number of carbonyl (C=O) groups is 2. The number of hydrogen-bond donors (Lipinski definition) is 2. The van der Waals surface area contributed by atoms with Crippen molar-refractivity contribution in [2.45, 2.75) is 12.8 Å². The van der Waals surface area contributed by atoms with Gasteiger partial charge in [-0.3, -0.25) is 9.59 Å². The maximum Gasteiger partial charge on any atom is 0.253 e. The zero-order valence-corrected chi connectivity index (χ0v) is 19.3. The Morgan fingerprint density at radius 3 is 1.71 bits per heavy atom. The van der Waals surface area contributed by atoms with Crippen LogP contribution < -0.4 is 20.1 Å². The molecule has 4 aromatic rings. The van der Waals surface area contributed by atoms with Crippen LogP contribution in [0.3, 0.4) is 0 Å². The van der Waals surface area contributed by atoms with E-state index in [0.717, 1.165) is 5.56 Å². The molecule has 0 fully saturated rings. The van der Waals surface area contributed by atoms with Gasteiger partial charge < -0.3 is 20.1 Å². The van der Waals surface area contributed by atoms with E-state index in [-0.39, 0.29) is 11.8 Å². The first-order valence-corrected chi connectivity index (χ1v) is 11.2. The molecule has 0 aliphatic heterocycles. The van der Waals surface area contributed by atoms with E-state index in [1.54, 1.807) is 73.8 Å². The molecule has 0 spiro atoms. The largest absolute Gasteiger partial charge is 0.493 e. The second-order valence-corrected chi connectivity index (χ2v) is 7.80. The molecule has 4 rings (SSSR count). The first-order valence-electron chi connectivity index (χ1n) is 11.2. The van der Waals surface area contributed by atoms with Crippen LogP contribution in [0.15, 0.2) is 109 Å². The molecule has 0 bridgehead atoms. The molecule has 0 aromatic heterocycles. The maximum absolute atomic E-state index is 12.9. The van der Waals surface area contributed by atoms with Crippen LogP contribution in [-0.4, -0.2) is 18.9 Å². The fourth-order valence-electron chi connectivity index (χ4n) is 3.53. The standard InChI is InChI=1S/C29H26N2O4/c1-34-25-18-17-24(19-26(25)35-20-21-11-5-2-6-12-21)27(30-28(32)22-13-7-3-8-14-22)31-29(33)23-15-9-4-10-16-23/h2-19,27H,20H2,1H3,(H,30,32)(H,31,33). The summed E-state index contributed by atoms with van der Waals surface area (Å²) in [7, 11) is 1.57. The summed E-state index contributed by atoms with van der Waals surface area (Å²) in [5.74, 6) is 0.423. The Morgan fingerprint density at radius 2 is 1.20 bits per heavy atom. The number of ether oxygens (including phenoxy) is 2. The van der Waals surface area contributed by atoms with Crippen LogP contribution in [0.1, 0.15) is 38.0 Å². The molecule has 35 heavy (non-hydrogen) atoms. The number of methoxy groups -OCH3 is 1. The lowest BCUT2D eigenvalue weighted by atomic mass is 10.1. The Labute approximate surface area is 204 Å². The topological polar surface area (TPSA) is 76.7 Å². The predicted octanol–water partition coefficient (Wildman–Crippen LogP) is 5.13. The van der Waals surface area contributed by atoms with Crippen molar-refractivity contribution in [1.29, 1.82) is 0 Å². The van der Waals surface area contributed by atoms with Crippen LogP contribution in [0.25, 0.3) is 0 Å². The van der Waals surface area contributed by atoms with E-state index < -0.39 is 6.17 Å². The lowest BCUT2D eigenvalue weighted by molar-refractivity contribution is 0.0883. The third-order valence-corrected chi connectivity index (χ3v) is 5.38. The van der Waals surface area contributed by atoms with E-state index in [9.17, 15) is 9.59 Å². The van der Waals surface area contributed by atoms with Crippen LogP contribution in [0.2, 0.25) is 0 Å². The highest BCUT2D eigenvalue weighted by molar-refractivity contribution is 5.96. The number of rotatable bonds is 9. The Balaban J connectivity index is 1.61. The molecule has 0 heterocycles. The summed E-state index contributed by atoms with van der Waals surface area (Å²) in [4.78, 5) is 25.9. The summed E-state index contributed by atoms with van der Waals surface area (Å²) in [5, 5.41) is 5.84. The van der Waals surface area contributed by atoms with E-state index in [1.807, 2.05) is 42.5 Å². The van der Waals surface area contributed by atoms with Gasteiger partial charge in [0.15, 0.2) is 11.5 Å². The van der Waals surface area contributed by atoms with Gasteiger partial charge in [0, 0.05) is 11.1 Å². The Hall–Kier alpha value is -4.58. The Morgan fingerprint density at radius 1 is 0.686 bits per heavy atom. The fourth-order valence-corrected chi connectivity index (χ4v) is 3.53. The monoisotopic (exact) mass is 466 g/mol. The summed E-state index contributed by atoms with van der Waals surface area (Å²) in [6.07, 6.45) is -0.805. The van der Waals surface area contributed by atoms with E-state index in [1.165, 1.54) is 0 Å². The molecule has 0 saturated heterocycles. The lowest BCUT2D eigenvalue weighted by Gasteiger charge is -2.22. The second kappa shape index (κ2) is 11.5. The number of carbonyl (C=O) groups excluding carboxylic acids is 2. The summed E-state index contributed by atoms with van der Waals surface area (Å²) in [5.41, 5.74) is 2.62. The van der Waals surface area contributed by atoms with Crippen molar-refractivity contribution >= 4 is 11.8 Å². The summed E-state index contributed by atoms with van der Waals surface area (Å²) in [6.45, 7) is 0.345. The van der Waals surface area contributed by atoms with Crippen LogP contribution in [0, 0.1) is 0 Å². The maximum atomic E-state index is 12.9. The minimum Gasteiger partial charge on any atom is -0.493 e. The summed E-state index contributed by atoms with van der Waals surface area (Å²) in [6, 6.07) is 32.8. The molecule has 0 unspecified atom stereocenters. The van der Waals surface area contributed by atoms with Crippen molar-refractivity contribution in [2.24, 2.45) is 0 Å². The molecule has 6 nitrogen and oxygen atoms in total. The summed E-state index contributed by atoms with van der Waals surface area (Å²) < 4.78 is 11.5. The molecule has 2 N–H and O–H groups in total. The van der Waals surface area contributed by atoms with Gasteiger partial charge in [-0.2, -0.15) is 0 Å². The van der Waals surface area contributed by atoms with Gasteiger partial charge in [-0.25, -0.2) is 0 Å². The zero-order valence-electron chi connectivity index (χ0n) is 19.3. The van der Waals surface area contributed by atoms with Gasteiger partial charge >= 0.3 is 0 Å². The van der Waals surface area contributed by atoms with Crippen LogP contribution in [0.4, 0.5) is 0 Å². The normalized spacial score (nSPS) is 10.5. The highest BCUT2D eigenvalue weighted by Gasteiger charge is 2.21. The SMILES string of the molecule is COc1ccc(C(NC(=O)c2ccccc2)NC(=O)c2ccccc2)cc1OCc1ccccc1. The van der Waals surface area contributed by atoms with Gasteiger partial charge in [0.25, 0.3) is 11.8 Å². The van der Waals surface area contributed by atoms with Gasteiger partial charge in [0.05, 0.1) is 7.11 Å².